The Morgan fingerprint density at radius 2 is 1.61 bits per heavy atom. The number of hydrogen-bond acceptors (Lipinski definition) is 4. The van der Waals surface area contributed by atoms with E-state index in [4.69, 9.17) is 4.74 Å². The molecule has 0 bridgehead atoms. The van der Waals surface area contributed by atoms with Crippen LogP contribution in [0.3, 0.4) is 0 Å². The maximum atomic E-state index is 12.6. The van der Waals surface area contributed by atoms with E-state index in [1.807, 2.05) is 72.8 Å². The predicted octanol–water partition coefficient (Wildman–Crippen LogP) is 4.20. The summed E-state index contributed by atoms with van der Waals surface area (Å²) in [6, 6.07) is 26.1. The van der Waals surface area contributed by atoms with Gasteiger partial charge in [0.05, 0.1) is 12.8 Å². The highest BCUT2D eigenvalue weighted by atomic mass is 16.5. The number of carbonyl (C=O) groups excluding carboxylic acids is 1. The van der Waals surface area contributed by atoms with Crippen molar-refractivity contribution in [1.29, 1.82) is 0 Å². The summed E-state index contributed by atoms with van der Waals surface area (Å²) in [7, 11) is 1.61. The lowest BCUT2D eigenvalue weighted by Gasteiger charge is -2.04. The predicted molar refractivity (Wildman–Crippen MR) is 108 cm³/mol. The highest BCUT2D eigenvalue weighted by Crippen LogP contribution is 2.26. The van der Waals surface area contributed by atoms with Gasteiger partial charge in [-0.25, -0.2) is 0 Å². The summed E-state index contributed by atoms with van der Waals surface area (Å²) in [5, 5.41) is 12.0. The molecule has 0 aliphatic rings. The Morgan fingerprint density at radius 1 is 0.893 bits per heavy atom. The molecule has 1 heterocycles. The lowest BCUT2D eigenvalue weighted by Crippen LogP contribution is -2.13. The number of rotatable bonds is 5. The second-order valence-electron chi connectivity index (χ2n) is 6.07. The first kappa shape index (κ1) is 17.5. The minimum absolute atomic E-state index is 0.240. The number of aromatic nitrogens is 3. The molecule has 0 spiro atoms. The molecule has 0 saturated heterocycles. The van der Waals surface area contributed by atoms with Crippen LogP contribution in [0.15, 0.2) is 84.9 Å². The molecule has 6 nitrogen and oxygen atoms in total. The maximum Gasteiger partial charge on any atom is 0.256 e. The zero-order valence-corrected chi connectivity index (χ0v) is 15.2. The monoisotopic (exact) mass is 370 g/mol. The molecule has 0 unspecified atom stereocenters. The molecular weight excluding hydrogens is 352 g/mol. The Kier molecular flexibility index (Phi) is 4.84. The van der Waals surface area contributed by atoms with Gasteiger partial charge in [0.25, 0.3) is 5.91 Å². The van der Waals surface area contributed by atoms with Crippen molar-refractivity contribution in [2.24, 2.45) is 0 Å². The van der Waals surface area contributed by atoms with E-state index in [0.717, 1.165) is 11.3 Å². The molecule has 138 valence electrons. The minimum Gasteiger partial charge on any atom is -0.497 e. The molecule has 1 aromatic heterocycles. The van der Waals surface area contributed by atoms with Crippen molar-refractivity contribution in [1.82, 2.24) is 15.0 Å². The summed E-state index contributed by atoms with van der Waals surface area (Å²) in [6.07, 6.45) is 0. The van der Waals surface area contributed by atoms with Crippen LogP contribution >= 0.6 is 0 Å². The largest absolute Gasteiger partial charge is 0.497 e. The molecule has 0 atom stereocenters. The molecule has 1 amide bonds. The fraction of sp³-hybridized carbons (Fsp3) is 0.0455. The van der Waals surface area contributed by atoms with Crippen LogP contribution in [0, 0.1) is 0 Å². The first-order chi connectivity index (χ1) is 13.7. The van der Waals surface area contributed by atoms with E-state index < -0.39 is 0 Å². The van der Waals surface area contributed by atoms with Gasteiger partial charge in [0, 0.05) is 17.2 Å². The second kappa shape index (κ2) is 7.75. The van der Waals surface area contributed by atoms with Gasteiger partial charge in [-0.1, -0.05) is 54.6 Å². The Balaban J connectivity index is 1.75. The van der Waals surface area contributed by atoms with Crippen molar-refractivity contribution >= 4 is 11.7 Å². The maximum absolute atomic E-state index is 12.6. The number of carbonyl (C=O) groups is 1. The second-order valence-corrected chi connectivity index (χ2v) is 6.07. The number of amides is 1. The number of hydrogen-bond donors (Lipinski definition) is 1. The Bertz CT molecular complexity index is 1090. The molecule has 0 aliphatic heterocycles. The number of benzene rings is 3. The van der Waals surface area contributed by atoms with Crippen LogP contribution in [-0.4, -0.2) is 28.0 Å². The van der Waals surface area contributed by atoms with E-state index in [1.54, 1.807) is 19.2 Å². The zero-order chi connectivity index (χ0) is 19.3. The fourth-order valence-electron chi connectivity index (χ4n) is 2.80. The van der Waals surface area contributed by atoms with E-state index in [2.05, 4.69) is 15.5 Å². The van der Waals surface area contributed by atoms with Gasteiger partial charge >= 0.3 is 0 Å². The topological polar surface area (TPSA) is 69.0 Å². The van der Waals surface area contributed by atoms with Crippen LogP contribution in [0.1, 0.15) is 10.4 Å². The molecule has 4 rings (SSSR count). The van der Waals surface area contributed by atoms with Gasteiger partial charge in [0.2, 0.25) is 0 Å². The Hall–Kier alpha value is -3.93. The molecule has 1 N–H and O–H groups in total. The van der Waals surface area contributed by atoms with E-state index in [1.165, 1.54) is 4.80 Å². The van der Waals surface area contributed by atoms with Crippen molar-refractivity contribution in [2.45, 2.75) is 0 Å². The highest BCUT2D eigenvalue weighted by Gasteiger charge is 2.17. The van der Waals surface area contributed by atoms with Crippen molar-refractivity contribution in [3.8, 4) is 22.7 Å². The molecule has 0 fully saturated rings. The van der Waals surface area contributed by atoms with Crippen molar-refractivity contribution in [3.05, 3.63) is 90.5 Å². The molecule has 3 aromatic carbocycles. The SMILES string of the molecule is COc1cccc(-n2nc(NC(=O)c3ccccc3)c(-c3ccccc3)n2)c1. The average Bonchev–Trinajstić information content (AvgIpc) is 3.19. The van der Waals surface area contributed by atoms with E-state index in [0.29, 0.717) is 22.8 Å². The molecule has 4 aromatic rings. The average molecular weight is 370 g/mol. The number of ether oxygens (including phenoxy) is 1. The van der Waals surface area contributed by atoms with Gasteiger partial charge < -0.3 is 10.1 Å². The lowest BCUT2D eigenvalue weighted by molar-refractivity contribution is 0.102. The first-order valence-corrected chi connectivity index (χ1v) is 8.78. The van der Waals surface area contributed by atoms with Gasteiger partial charge in [-0.3, -0.25) is 4.79 Å². The zero-order valence-electron chi connectivity index (χ0n) is 15.2. The summed E-state index contributed by atoms with van der Waals surface area (Å²) >= 11 is 0. The Morgan fingerprint density at radius 3 is 2.32 bits per heavy atom. The van der Waals surface area contributed by atoms with Gasteiger partial charge in [0.15, 0.2) is 5.82 Å². The van der Waals surface area contributed by atoms with E-state index in [-0.39, 0.29) is 5.91 Å². The molecule has 0 aliphatic carbocycles. The summed E-state index contributed by atoms with van der Waals surface area (Å²) in [5.41, 5.74) is 2.74. The first-order valence-electron chi connectivity index (χ1n) is 8.78. The van der Waals surface area contributed by atoms with E-state index in [9.17, 15) is 4.79 Å². The van der Waals surface area contributed by atoms with Gasteiger partial charge in [-0.05, 0) is 24.3 Å². The number of nitrogens with zero attached hydrogens (tertiary/aromatic N) is 3. The molecule has 0 saturated carbocycles. The van der Waals surface area contributed by atoms with Crippen LogP contribution < -0.4 is 10.1 Å². The summed E-state index contributed by atoms with van der Waals surface area (Å²) in [4.78, 5) is 14.1. The van der Waals surface area contributed by atoms with Gasteiger partial charge in [-0.2, -0.15) is 0 Å². The van der Waals surface area contributed by atoms with Crippen LogP contribution in [0.2, 0.25) is 0 Å². The van der Waals surface area contributed by atoms with Gasteiger partial charge in [0.1, 0.15) is 11.4 Å². The Labute approximate surface area is 162 Å². The highest BCUT2D eigenvalue weighted by molar-refractivity contribution is 6.05. The molecular formula is C22H18N4O2. The molecule has 28 heavy (non-hydrogen) atoms. The number of methoxy groups -OCH3 is 1. The minimum atomic E-state index is -0.240. The third kappa shape index (κ3) is 3.61. The quantitative estimate of drug-likeness (QED) is 0.572. The third-order valence-corrected chi connectivity index (χ3v) is 4.21. The van der Waals surface area contributed by atoms with Crippen molar-refractivity contribution in [2.75, 3.05) is 12.4 Å². The fourth-order valence-corrected chi connectivity index (χ4v) is 2.80. The smallest absolute Gasteiger partial charge is 0.256 e. The standard InChI is InChI=1S/C22H18N4O2/c1-28-19-14-8-13-18(15-19)26-24-20(16-9-4-2-5-10-16)21(25-26)23-22(27)17-11-6-3-7-12-17/h2-15H,1H3,(H,23,25,27). The summed E-state index contributed by atoms with van der Waals surface area (Å²) in [6.45, 7) is 0. The summed E-state index contributed by atoms with van der Waals surface area (Å²) in [5.74, 6) is 0.851. The molecule has 6 heteroatoms. The van der Waals surface area contributed by atoms with Crippen molar-refractivity contribution in [3.63, 3.8) is 0 Å². The summed E-state index contributed by atoms with van der Waals surface area (Å²) < 4.78 is 5.28. The lowest BCUT2D eigenvalue weighted by atomic mass is 10.1. The normalized spacial score (nSPS) is 10.5. The number of anilines is 1. The molecule has 0 radical (unpaired) electrons. The van der Waals surface area contributed by atoms with Crippen LogP contribution in [0.4, 0.5) is 5.82 Å². The van der Waals surface area contributed by atoms with Crippen LogP contribution in [-0.2, 0) is 0 Å². The van der Waals surface area contributed by atoms with Crippen molar-refractivity contribution < 1.29 is 9.53 Å². The van der Waals surface area contributed by atoms with Gasteiger partial charge in [-0.15, -0.1) is 15.0 Å². The van der Waals surface area contributed by atoms with Crippen LogP contribution in [0.5, 0.6) is 5.75 Å². The number of nitrogens with one attached hydrogen (secondary N) is 1. The van der Waals surface area contributed by atoms with Crippen LogP contribution in [0.25, 0.3) is 16.9 Å². The van der Waals surface area contributed by atoms with E-state index >= 15 is 0 Å². The third-order valence-electron chi connectivity index (χ3n) is 4.21.